The summed E-state index contributed by atoms with van der Waals surface area (Å²) in [7, 11) is 1.60. The molecule has 1 N–H and O–H groups in total. The highest BCUT2D eigenvalue weighted by molar-refractivity contribution is 6.18. The Morgan fingerprint density at radius 2 is 1.97 bits per heavy atom. The predicted molar refractivity (Wildman–Crippen MR) is 118 cm³/mol. The molecule has 5 rings (SSSR count). The average molecular weight is 473 g/mol. The summed E-state index contributed by atoms with van der Waals surface area (Å²) in [4.78, 5) is 55.7. The molecule has 0 aliphatic carbocycles. The minimum Gasteiger partial charge on any atom is -0.361 e. The van der Waals surface area contributed by atoms with Crippen molar-refractivity contribution < 1.29 is 23.7 Å². The molecule has 1 saturated heterocycles. The Morgan fingerprint density at radius 3 is 2.74 bits per heavy atom. The lowest BCUT2D eigenvalue weighted by Gasteiger charge is -2.29. The average Bonchev–Trinajstić information content (AvgIpc) is 3.44. The van der Waals surface area contributed by atoms with Crippen molar-refractivity contribution in [1.82, 2.24) is 35.5 Å². The molecular formula is C23H19N7O5. The van der Waals surface area contributed by atoms with Crippen molar-refractivity contribution in [2.24, 2.45) is 0 Å². The van der Waals surface area contributed by atoms with Crippen LogP contribution in [0.25, 0.3) is 22.6 Å². The van der Waals surface area contributed by atoms with Crippen molar-refractivity contribution in [3.8, 4) is 22.6 Å². The number of benzene rings is 1. The molecule has 12 nitrogen and oxygen atoms in total. The Morgan fingerprint density at radius 1 is 1.14 bits per heavy atom. The number of imide groups is 2. The van der Waals surface area contributed by atoms with Gasteiger partial charge in [0, 0.05) is 36.9 Å². The first-order valence-electron chi connectivity index (χ1n) is 10.8. The largest absolute Gasteiger partial charge is 0.361 e. The van der Waals surface area contributed by atoms with Gasteiger partial charge in [-0.05, 0) is 24.6 Å². The number of hydrogen-bond donors (Lipinski definition) is 1. The number of likely N-dealkylation sites (N-methyl/N-ethyl adjacent to an activating group) is 1. The van der Waals surface area contributed by atoms with Crippen LogP contribution >= 0.6 is 0 Å². The molecule has 2 aromatic heterocycles. The van der Waals surface area contributed by atoms with Crippen molar-refractivity contribution in [3.05, 3.63) is 60.3 Å². The molecule has 2 aliphatic heterocycles. The standard InChI is InChI=1S/C23H19N7O5/c1-29(17-11-20(32)30(23(17)34)16-7-8-18(31)25-22(16)33)12-19-26-21(28-35-19)14-5-2-4-13(10-14)15-6-3-9-24-27-15/h2-6,9-11,16H,7-8,12H2,1H3,(H,25,31,33). The number of carbonyl (C=O) groups is 4. The van der Waals surface area contributed by atoms with E-state index in [0.717, 1.165) is 16.5 Å². The second-order valence-electron chi connectivity index (χ2n) is 8.07. The van der Waals surface area contributed by atoms with Gasteiger partial charge in [0.05, 0.1) is 12.2 Å². The number of carbonyl (C=O) groups excluding carboxylic acids is 4. The summed E-state index contributed by atoms with van der Waals surface area (Å²) in [6.45, 7) is 0.0604. The third-order valence-corrected chi connectivity index (χ3v) is 5.70. The summed E-state index contributed by atoms with van der Waals surface area (Å²) >= 11 is 0. The van der Waals surface area contributed by atoms with E-state index < -0.39 is 29.7 Å². The molecule has 3 aromatic rings. The van der Waals surface area contributed by atoms with Gasteiger partial charge in [-0.2, -0.15) is 15.2 Å². The summed E-state index contributed by atoms with van der Waals surface area (Å²) in [5, 5.41) is 14.2. The minimum absolute atomic E-state index is 0.0570. The Labute approximate surface area is 198 Å². The maximum Gasteiger partial charge on any atom is 0.277 e. The zero-order valence-electron chi connectivity index (χ0n) is 18.5. The molecule has 2 aliphatic rings. The van der Waals surface area contributed by atoms with E-state index in [1.54, 1.807) is 19.3 Å². The molecule has 0 spiro atoms. The molecule has 0 saturated carbocycles. The molecule has 176 valence electrons. The van der Waals surface area contributed by atoms with Crippen molar-refractivity contribution in [2.75, 3.05) is 7.05 Å². The van der Waals surface area contributed by atoms with E-state index >= 15 is 0 Å². The van der Waals surface area contributed by atoms with Gasteiger partial charge in [-0.25, -0.2) is 0 Å². The van der Waals surface area contributed by atoms with Crippen LogP contribution in [0, 0.1) is 0 Å². The highest BCUT2D eigenvalue weighted by atomic mass is 16.5. The third-order valence-electron chi connectivity index (χ3n) is 5.70. The third kappa shape index (κ3) is 4.28. The second kappa shape index (κ2) is 8.89. The fourth-order valence-electron chi connectivity index (χ4n) is 3.97. The molecule has 12 heteroatoms. The molecule has 0 bridgehead atoms. The lowest BCUT2D eigenvalue weighted by molar-refractivity contribution is -0.150. The molecular weight excluding hydrogens is 454 g/mol. The van der Waals surface area contributed by atoms with Gasteiger partial charge in [0.15, 0.2) is 0 Å². The first-order valence-corrected chi connectivity index (χ1v) is 10.8. The highest BCUT2D eigenvalue weighted by Crippen LogP contribution is 2.25. The molecule has 1 fully saturated rings. The Balaban J connectivity index is 1.29. The number of nitrogens with one attached hydrogen (secondary N) is 1. The lowest BCUT2D eigenvalue weighted by atomic mass is 10.0. The zero-order chi connectivity index (χ0) is 24.5. The van der Waals surface area contributed by atoms with Gasteiger partial charge in [0.25, 0.3) is 11.8 Å². The van der Waals surface area contributed by atoms with Crippen molar-refractivity contribution in [2.45, 2.75) is 25.4 Å². The summed E-state index contributed by atoms with van der Waals surface area (Å²) in [5.74, 6) is -1.74. The van der Waals surface area contributed by atoms with Crippen LogP contribution in [0.3, 0.4) is 0 Å². The van der Waals surface area contributed by atoms with Crippen molar-refractivity contribution in [3.63, 3.8) is 0 Å². The van der Waals surface area contributed by atoms with E-state index in [4.69, 9.17) is 4.52 Å². The number of hydrogen-bond acceptors (Lipinski definition) is 10. The first-order chi connectivity index (χ1) is 16.9. The van der Waals surface area contributed by atoms with Crippen LogP contribution in [0.5, 0.6) is 0 Å². The first kappa shape index (κ1) is 22.1. The molecule has 35 heavy (non-hydrogen) atoms. The smallest absolute Gasteiger partial charge is 0.277 e. The van der Waals surface area contributed by atoms with Crippen LogP contribution < -0.4 is 5.32 Å². The Hall–Kier alpha value is -4.74. The highest BCUT2D eigenvalue weighted by Gasteiger charge is 2.43. The molecule has 0 radical (unpaired) electrons. The summed E-state index contributed by atoms with van der Waals surface area (Å²) < 4.78 is 5.36. The van der Waals surface area contributed by atoms with E-state index in [1.807, 2.05) is 30.3 Å². The number of piperidine rings is 1. The number of amides is 4. The summed E-state index contributed by atoms with van der Waals surface area (Å²) in [6.07, 6.45) is 2.90. The van der Waals surface area contributed by atoms with Crippen LogP contribution in [0.15, 0.2) is 58.9 Å². The van der Waals surface area contributed by atoms with Crippen LogP contribution in [0.1, 0.15) is 18.7 Å². The fourth-order valence-corrected chi connectivity index (χ4v) is 3.97. The van der Waals surface area contributed by atoms with Gasteiger partial charge < -0.3 is 9.42 Å². The maximum atomic E-state index is 12.9. The normalized spacial score (nSPS) is 18.0. The van der Waals surface area contributed by atoms with Crippen LogP contribution in [-0.4, -0.2) is 66.9 Å². The molecule has 1 unspecified atom stereocenters. The van der Waals surface area contributed by atoms with E-state index in [1.165, 1.54) is 4.90 Å². The lowest BCUT2D eigenvalue weighted by Crippen LogP contribution is -2.54. The SMILES string of the molecule is CN(Cc1nc(-c2cccc(-c3cccnn3)c2)no1)C1=CC(=O)N(C2CCC(=O)NC2=O)C1=O. The summed E-state index contributed by atoms with van der Waals surface area (Å²) in [5.41, 5.74) is 2.34. The predicted octanol–water partition coefficient (Wildman–Crippen LogP) is 0.683. The second-order valence-corrected chi connectivity index (χ2v) is 8.07. The van der Waals surface area contributed by atoms with E-state index in [9.17, 15) is 19.2 Å². The van der Waals surface area contributed by atoms with Crippen LogP contribution in [0.2, 0.25) is 0 Å². The fraction of sp³-hybridized carbons (Fsp3) is 0.217. The molecule has 1 aromatic carbocycles. The molecule has 4 amide bonds. The van der Waals surface area contributed by atoms with Crippen molar-refractivity contribution in [1.29, 1.82) is 0 Å². The number of nitrogens with zero attached hydrogens (tertiary/aromatic N) is 6. The zero-order valence-corrected chi connectivity index (χ0v) is 18.5. The monoisotopic (exact) mass is 473 g/mol. The molecule has 4 heterocycles. The van der Waals surface area contributed by atoms with Crippen molar-refractivity contribution >= 4 is 23.6 Å². The summed E-state index contributed by atoms with van der Waals surface area (Å²) in [6, 6.07) is 10.0. The topological polar surface area (TPSA) is 151 Å². The number of aromatic nitrogens is 4. The van der Waals surface area contributed by atoms with E-state index in [-0.39, 0.29) is 31.0 Å². The number of rotatable bonds is 6. The Bertz CT molecular complexity index is 1370. The van der Waals surface area contributed by atoms with Gasteiger partial charge in [-0.3, -0.25) is 29.4 Å². The van der Waals surface area contributed by atoms with Gasteiger partial charge in [-0.15, -0.1) is 0 Å². The minimum atomic E-state index is -1.02. The quantitative estimate of drug-likeness (QED) is 0.506. The van der Waals surface area contributed by atoms with E-state index in [0.29, 0.717) is 17.1 Å². The van der Waals surface area contributed by atoms with Gasteiger partial charge in [0.2, 0.25) is 23.5 Å². The maximum absolute atomic E-state index is 12.9. The Kier molecular flexibility index (Phi) is 5.61. The van der Waals surface area contributed by atoms with Crippen LogP contribution in [-0.2, 0) is 25.7 Å². The van der Waals surface area contributed by atoms with E-state index in [2.05, 4.69) is 25.7 Å². The molecule has 1 atom stereocenters. The van der Waals surface area contributed by atoms with Gasteiger partial charge in [0.1, 0.15) is 11.7 Å². The van der Waals surface area contributed by atoms with Gasteiger partial charge >= 0.3 is 0 Å². The van der Waals surface area contributed by atoms with Gasteiger partial charge in [-0.1, -0.05) is 23.4 Å². The van der Waals surface area contributed by atoms with Crippen LogP contribution in [0.4, 0.5) is 0 Å².